The summed E-state index contributed by atoms with van der Waals surface area (Å²) in [5.74, 6) is -0.551. The number of aryl methyl sites for hydroxylation is 1. The standard InChI is InChI=1S/C26H25N3O4S2/c1-3-4-14-33-25(32)18-10-12-19(13-11-18)27-20(30)15-34-26-28-23(31)22-21(16(2)35-24(22)29-26)17-8-6-5-7-9-17/h5-13H,3-4,14-15H2,1-2H3,(H,27,30)(H,28,29,31). The van der Waals surface area contributed by atoms with Gasteiger partial charge in [-0.25, -0.2) is 9.78 Å². The summed E-state index contributed by atoms with van der Waals surface area (Å²) in [6.07, 6.45) is 1.78. The number of hydrogen-bond donors (Lipinski definition) is 2. The topological polar surface area (TPSA) is 101 Å². The van der Waals surface area contributed by atoms with Gasteiger partial charge >= 0.3 is 5.97 Å². The number of carbonyl (C=O) groups is 2. The molecule has 1 amide bonds. The highest BCUT2D eigenvalue weighted by Gasteiger charge is 2.17. The Kier molecular flexibility index (Phi) is 7.99. The fourth-order valence-electron chi connectivity index (χ4n) is 3.53. The number of carbonyl (C=O) groups excluding carboxylic acids is 2. The van der Waals surface area contributed by atoms with Gasteiger partial charge in [0.1, 0.15) is 4.83 Å². The van der Waals surface area contributed by atoms with E-state index in [1.807, 2.05) is 44.2 Å². The van der Waals surface area contributed by atoms with E-state index in [4.69, 9.17) is 4.74 Å². The summed E-state index contributed by atoms with van der Waals surface area (Å²) in [5, 5.41) is 3.75. The zero-order valence-corrected chi connectivity index (χ0v) is 21.1. The van der Waals surface area contributed by atoms with E-state index < -0.39 is 0 Å². The number of anilines is 1. The summed E-state index contributed by atoms with van der Waals surface area (Å²) in [6.45, 7) is 4.40. The molecule has 0 aliphatic carbocycles. The van der Waals surface area contributed by atoms with Gasteiger partial charge in [-0.1, -0.05) is 55.4 Å². The van der Waals surface area contributed by atoms with Crippen LogP contribution in [0.3, 0.4) is 0 Å². The summed E-state index contributed by atoms with van der Waals surface area (Å²) in [4.78, 5) is 46.3. The molecule has 2 N–H and O–H groups in total. The molecule has 0 bridgehead atoms. The number of amides is 1. The average Bonchev–Trinajstić information content (AvgIpc) is 3.20. The fraction of sp³-hybridized carbons (Fsp3) is 0.231. The van der Waals surface area contributed by atoms with Gasteiger partial charge in [0.2, 0.25) is 5.91 Å². The van der Waals surface area contributed by atoms with E-state index in [-0.39, 0.29) is 23.2 Å². The monoisotopic (exact) mass is 507 g/mol. The van der Waals surface area contributed by atoms with Gasteiger partial charge in [0.05, 0.1) is 23.3 Å². The molecule has 9 heteroatoms. The number of thioether (sulfide) groups is 1. The number of nitrogens with zero attached hydrogens (tertiary/aromatic N) is 1. The molecule has 0 saturated carbocycles. The number of H-pyrrole nitrogens is 1. The van der Waals surface area contributed by atoms with E-state index in [9.17, 15) is 14.4 Å². The summed E-state index contributed by atoms with van der Waals surface area (Å²) < 4.78 is 5.19. The Morgan fingerprint density at radius 1 is 1.11 bits per heavy atom. The van der Waals surface area contributed by atoms with Crippen molar-refractivity contribution in [3.05, 3.63) is 75.4 Å². The van der Waals surface area contributed by atoms with Crippen LogP contribution in [0.1, 0.15) is 35.0 Å². The van der Waals surface area contributed by atoms with E-state index in [2.05, 4.69) is 15.3 Å². The second kappa shape index (κ2) is 11.3. The van der Waals surface area contributed by atoms with Crippen molar-refractivity contribution < 1.29 is 14.3 Å². The summed E-state index contributed by atoms with van der Waals surface area (Å²) in [5.41, 5.74) is 2.65. The molecule has 0 aliphatic heterocycles. The van der Waals surface area contributed by atoms with Gasteiger partial charge in [-0.3, -0.25) is 9.59 Å². The summed E-state index contributed by atoms with van der Waals surface area (Å²) in [7, 11) is 0. The average molecular weight is 508 g/mol. The number of fused-ring (bicyclic) bond motifs is 1. The second-order valence-corrected chi connectivity index (χ2v) is 10.0. The minimum Gasteiger partial charge on any atom is -0.462 e. The number of thiophene rings is 1. The lowest BCUT2D eigenvalue weighted by atomic mass is 10.0. The molecule has 2 aromatic carbocycles. The first-order chi connectivity index (χ1) is 17.0. The number of aromatic amines is 1. The van der Waals surface area contributed by atoms with Crippen molar-refractivity contribution in [2.24, 2.45) is 0 Å². The van der Waals surface area contributed by atoms with Crippen molar-refractivity contribution >= 4 is 50.9 Å². The third kappa shape index (κ3) is 5.98. The first-order valence-corrected chi connectivity index (χ1v) is 13.0. The second-order valence-electron chi connectivity index (χ2n) is 7.85. The molecule has 7 nitrogen and oxygen atoms in total. The Labute approximate surface area is 210 Å². The predicted molar refractivity (Wildman–Crippen MR) is 141 cm³/mol. The lowest BCUT2D eigenvalue weighted by molar-refractivity contribution is -0.113. The largest absolute Gasteiger partial charge is 0.462 e. The maximum Gasteiger partial charge on any atom is 0.338 e. The number of nitrogens with one attached hydrogen (secondary N) is 2. The molecule has 0 spiro atoms. The minimum absolute atomic E-state index is 0.0746. The van der Waals surface area contributed by atoms with Gasteiger partial charge in [0.25, 0.3) is 5.56 Å². The van der Waals surface area contributed by atoms with Gasteiger partial charge in [0, 0.05) is 16.1 Å². The highest BCUT2D eigenvalue weighted by molar-refractivity contribution is 7.99. The van der Waals surface area contributed by atoms with E-state index in [0.29, 0.717) is 33.2 Å². The Bertz CT molecular complexity index is 1400. The van der Waals surface area contributed by atoms with Crippen molar-refractivity contribution in [1.29, 1.82) is 0 Å². The van der Waals surface area contributed by atoms with Crippen molar-refractivity contribution in [1.82, 2.24) is 9.97 Å². The molecule has 0 unspecified atom stereocenters. The molecule has 180 valence electrons. The number of benzene rings is 2. The zero-order chi connectivity index (χ0) is 24.8. The molecule has 0 saturated heterocycles. The van der Waals surface area contributed by atoms with Gasteiger partial charge in [-0.2, -0.15) is 0 Å². The molecule has 0 radical (unpaired) electrons. The van der Waals surface area contributed by atoms with Gasteiger partial charge < -0.3 is 15.0 Å². The third-order valence-electron chi connectivity index (χ3n) is 5.25. The van der Waals surface area contributed by atoms with Crippen molar-refractivity contribution in [2.45, 2.75) is 31.8 Å². The Hall–Kier alpha value is -3.43. The molecule has 4 rings (SSSR count). The van der Waals surface area contributed by atoms with Crippen LogP contribution in [0.4, 0.5) is 5.69 Å². The normalized spacial score (nSPS) is 10.9. The number of esters is 1. The molecule has 0 aliphatic rings. The van der Waals surface area contributed by atoms with Crippen molar-refractivity contribution in [3.63, 3.8) is 0 Å². The Balaban J connectivity index is 1.39. The number of hydrogen-bond acceptors (Lipinski definition) is 7. The highest BCUT2D eigenvalue weighted by atomic mass is 32.2. The molecule has 35 heavy (non-hydrogen) atoms. The smallest absolute Gasteiger partial charge is 0.338 e. The number of unbranched alkanes of at least 4 members (excludes halogenated alkanes) is 1. The van der Waals surface area contributed by atoms with Crippen LogP contribution in [0.25, 0.3) is 21.3 Å². The Morgan fingerprint density at radius 3 is 2.57 bits per heavy atom. The number of rotatable bonds is 9. The zero-order valence-electron chi connectivity index (χ0n) is 19.4. The quantitative estimate of drug-likeness (QED) is 0.131. The molecule has 0 atom stereocenters. The van der Waals surface area contributed by atoms with Crippen LogP contribution in [0.15, 0.2) is 64.5 Å². The first kappa shape index (κ1) is 24.7. The molecular formula is C26H25N3O4S2. The predicted octanol–water partition coefficient (Wildman–Crippen LogP) is 5.65. The van der Waals surface area contributed by atoms with E-state index in [1.54, 1.807) is 24.3 Å². The van der Waals surface area contributed by atoms with Crippen LogP contribution in [0.2, 0.25) is 0 Å². The SMILES string of the molecule is CCCCOC(=O)c1ccc(NC(=O)CSc2nc3sc(C)c(-c4ccccc4)c3c(=O)[nH]2)cc1. The van der Waals surface area contributed by atoms with Crippen LogP contribution in [0, 0.1) is 6.92 Å². The molecule has 2 aromatic heterocycles. The maximum atomic E-state index is 12.9. The first-order valence-electron chi connectivity index (χ1n) is 11.2. The van der Waals surface area contributed by atoms with Crippen LogP contribution >= 0.6 is 23.1 Å². The van der Waals surface area contributed by atoms with Gasteiger partial charge in [-0.05, 0) is 43.2 Å². The summed E-state index contributed by atoms with van der Waals surface area (Å²) in [6, 6.07) is 16.3. The van der Waals surface area contributed by atoms with E-state index >= 15 is 0 Å². The van der Waals surface area contributed by atoms with Crippen LogP contribution in [0.5, 0.6) is 0 Å². The third-order valence-corrected chi connectivity index (χ3v) is 7.13. The highest BCUT2D eigenvalue weighted by Crippen LogP contribution is 2.35. The molecule has 2 heterocycles. The molecule has 4 aromatic rings. The fourth-order valence-corrected chi connectivity index (χ4v) is 5.30. The van der Waals surface area contributed by atoms with E-state index in [1.165, 1.54) is 11.3 Å². The van der Waals surface area contributed by atoms with Crippen molar-refractivity contribution in [2.75, 3.05) is 17.7 Å². The Morgan fingerprint density at radius 2 is 1.86 bits per heavy atom. The van der Waals surface area contributed by atoms with Crippen molar-refractivity contribution in [3.8, 4) is 11.1 Å². The summed E-state index contributed by atoms with van der Waals surface area (Å²) >= 11 is 2.63. The number of ether oxygens (including phenoxy) is 1. The molecule has 0 fully saturated rings. The lowest BCUT2D eigenvalue weighted by Gasteiger charge is -2.07. The minimum atomic E-state index is -0.378. The van der Waals surface area contributed by atoms with Gasteiger partial charge in [0.15, 0.2) is 5.16 Å². The lowest BCUT2D eigenvalue weighted by Crippen LogP contribution is -2.15. The van der Waals surface area contributed by atoms with Crippen LogP contribution in [-0.4, -0.2) is 34.2 Å². The van der Waals surface area contributed by atoms with Crippen LogP contribution < -0.4 is 10.9 Å². The maximum absolute atomic E-state index is 12.9. The number of aromatic nitrogens is 2. The van der Waals surface area contributed by atoms with Gasteiger partial charge in [-0.15, -0.1) is 11.3 Å². The van der Waals surface area contributed by atoms with E-state index in [0.717, 1.165) is 40.6 Å². The molecular weight excluding hydrogens is 482 g/mol. The van der Waals surface area contributed by atoms with Crippen LogP contribution in [-0.2, 0) is 9.53 Å².